The third-order valence-electron chi connectivity index (χ3n) is 5.97. The summed E-state index contributed by atoms with van der Waals surface area (Å²) < 4.78 is 41.0. The van der Waals surface area contributed by atoms with Gasteiger partial charge in [-0.3, -0.25) is 4.79 Å². The first-order chi connectivity index (χ1) is 13.3. The number of hydrogen-bond acceptors (Lipinski definition) is 3. The number of aromatic nitrogens is 3. The van der Waals surface area contributed by atoms with E-state index < -0.39 is 11.9 Å². The van der Waals surface area contributed by atoms with Gasteiger partial charge in [0.2, 0.25) is 5.91 Å². The van der Waals surface area contributed by atoms with Crippen LogP contribution in [0.3, 0.4) is 0 Å². The molecule has 5 nitrogen and oxygen atoms in total. The number of alkyl halides is 3. The minimum absolute atomic E-state index is 0.0515. The molecule has 4 rings (SSSR count). The van der Waals surface area contributed by atoms with E-state index in [1.54, 1.807) is 13.0 Å². The van der Waals surface area contributed by atoms with Gasteiger partial charge in [-0.05, 0) is 38.7 Å². The summed E-state index contributed by atoms with van der Waals surface area (Å²) in [6.07, 6.45) is 2.47. The van der Waals surface area contributed by atoms with Gasteiger partial charge in [0.25, 0.3) is 0 Å². The van der Waals surface area contributed by atoms with E-state index >= 15 is 0 Å². The Hall–Kier alpha value is -2.12. The minimum atomic E-state index is -4.50. The van der Waals surface area contributed by atoms with Crippen molar-refractivity contribution in [3.8, 4) is 0 Å². The predicted octanol–water partition coefficient (Wildman–Crippen LogP) is 4.34. The standard InChI is InChI=1S/C20H25F3N4O/c1-13-10-17(20(21,22)23)27-18(24-13)11-16(25-27)15-8-5-9-26(12-15)19(28)14-6-3-2-4-7-14/h10-11,14-15H,2-9,12H2,1H3/t15-/m1/s1. The molecule has 152 valence electrons. The average molecular weight is 394 g/mol. The summed E-state index contributed by atoms with van der Waals surface area (Å²) in [4.78, 5) is 19.0. The Kier molecular flexibility index (Phi) is 5.05. The maximum Gasteiger partial charge on any atom is 0.433 e. The summed E-state index contributed by atoms with van der Waals surface area (Å²) >= 11 is 0. The van der Waals surface area contributed by atoms with Crippen molar-refractivity contribution < 1.29 is 18.0 Å². The molecule has 0 bridgehead atoms. The Labute approximate surface area is 161 Å². The second-order valence-electron chi connectivity index (χ2n) is 8.08. The third-order valence-corrected chi connectivity index (χ3v) is 5.97. The molecule has 1 aliphatic heterocycles. The molecule has 28 heavy (non-hydrogen) atoms. The van der Waals surface area contributed by atoms with Crippen LogP contribution in [0, 0.1) is 12.8 Å². The van der Waals surface area contributed by atoms with E-state index in [-0.39, 0.29) is 23.4 Å². The topological polar surface area (TPSA) is 50.5 Å². The van der Waals surface area contributed by atoms with Crippen LogP contribution in [0.1, 0.15) is 67.9 Å². The van der Waals surface area contributed by atoms with Crippen molar-refractivity contribution in [1.29, 1.82) is 0 Å². The quantitative estimate of drug-likeness (QED) is 0.761. The maximum atomic E-state index is 13.4. The second-order valence-corrected chi connectivity index (χ2v) is 8.08. The summed E-state index contributed by atoms with van der Waals surface area (Å²) in [5.74, 6) is 0.261. The Bertz CT molecular complexity index is 870. The normalized spacial score (nSPS) is 22.0. The molecule has 2 fully saturated rings. The lowest BCUT2D eigenvalue weighted by molar-refractivity contribution is -0.142. The molecule has 1 amide bonds. The number of halogens is 3. The van der Waals surface area contributed by atoms with Gasteiger partial charge >= 0.3 is 6.18 Å². The largest absolute Gasteiger partial charge is 0.433 e. The van der Waals surface area contributed by atoms with E-state index in [0.717, 1.165) is 55.7 Å². The van der Waals surface area contributed by atoms with Crippen molar-refractivity contribution in [1.82, 2.24) is 19.5 Å². The van der Waals surface area contributed by atoms with Crippen molar-refractivity contribution >= 4 is 11.6 Å². The fraction of sp³-hybridized carbons (Fsp3) is 0.650. The van der Waals surface area contributed by atoms with Gasteiger partial charge in [0.1, 0.15) is 5.69 Å². The molecule has 8 heteroatoms. The molecule has 1 atom stereocenters. The fourth-order valence-corrected chi connectivity index (χ4v) is 4.55. The molecule has 0 unspecified atom stereocenters. The summed E-state index contributed by atoms with van der Waals surface area (Å²) in [5, 5.41) is 4.25. The van der Waals surface area contributed by atoms with Gasteiger partial charge in [-0.25, -0.2) is 9.50 Å². The van der Waals surface area contributed by atoms with Gasteiger partial charge in [0.15, 0.2) is 5.65 Å². The Morgan fingerprint density at radius 1 is 1.11 bits per heavy atom. The number of hydrogen-bond donors (Lipinski definition) is 0. The zero-order valence-electron chi connectivity index (χ0n) is 16.0. The molecule has 2 aromatic rings. The first-order valence-electron chi connectivity index (χ1n) is 10.1. The zero-order valence-corrected chi connectivity index (χ0v) is 16.0. The molecule has 0 radical (unpaired) electrons. The Morgan fingerprint density at radius 3 is 2.57 bits per heavy atom. The molecule has 2 aromatic heterocycles. The second kappa shape index (κ2) is 7.37. The van der Waals surface area contributed by atoms with Crippen molar-refractivity contribution in [3.63, 3.8) is 0 Å². The number of amides is 1. The smallest absolute Gasteiger partial charge is 0.342 e. The van der Waals surface area contributed by atoms with E-state index in [1.165, 1.54) is 6.42 Å². The number of likely N-dealkylation sites (tertiary alicyclic amines) is 1. The highest BCUT2D eigenvalue weighted by Gasteiger charge is 2.36. The van der Waals surface area contributed by atoms with Crippen molar-refractivity contribution in [2.45, 2.75) is 64.0 Å². The summed E-state index contributed by atoms with van der Waals surface area (Å²) in [6, 6.07) is 2.66. The van der Waals surface area contributed by atoms with Crippen molar-refractivity contribution in [2.24, 2.45) is 5.92 Å². The summed E-state index contributed by atoms with van der Waals surface area (Å²) in [7, 11) is 0. The summed E-state index contributed by atoms with van der Waals surface area (Å²) in [5.41, 5.74) is 0.291. The Morgan fingerprint density at radius 2 is 1.86 bits per heavy atom. The number of rotatable bonds is 2. The lowest BCUT2D eigenvalue weighted by atomic mass is 9.87. The van der Waals surface area contributed by atoms with Crippen LogP contribution in [0.4, 0.5) is 13.2 Å². The van der Waals surface area contributed by atoms with Crippen LogP contribution in [-0.4, -0.2) is 38.5 Å². The van der Waals surface area contributed by atoms with Crippen molar-refractivity contribution in [3.05, 3.63) is 29.2 Å². The number of aryl methyl sites for hydroxylation is 1. The van der Waals surface area contributed by atoms with E-state index in [2.05, 4.69) is 10.1 Å². The lowest BCUT2D eigenvalue weighted by Gasteiger charge is -2.35. The number of carbonyl (C=O) groups excluding carboxylic acids is 1. The molecule has 0 aromatic carbocycles. The Balaban J connectivity index is 1.58. The molecule has 0 spiro atoms. The van der Waals surface area contributed by atoms with Crippen LogP contribution in [0.5, 0.6) is 0 Å². The molecule has 3 heterocycles. The highest BCUT2D eigenvalue weighted by Crippen LogP contribution is 2.33. The molecular formula is C20H25F3N4O. The van der Waals surface area contributed by atoms with Crippen LogP contribution < -0.4 is 0 Å². The van der Waals surface area contributed by atoms with Crippen LogP contribution in [-0.2, 0) is 11.0 Å². The SMILES string of the molecule is Cc1cc(C(F)(F)F)n2nc([C@@H]3CCCN(C(=O)C4CCCCC4)C3)cc2n1. The molecule has 1 saturated heterocycles. The molecule has 1 aliphatic carbocycles. The number of fused-ring (bicyclic) bond motifs is 1. The van der Waals surface area contributed by atoms with Crippen molar-refractivity contribution in [2.75, 3.05) is 13.1 Å². The highest BCUT2D eigenvalue weighted by atomic mass is 19.4. The fourth-order valence-electron chi connectivity index (χ4n) is 4.55. The average Bonchev–Trinajstić information content (AvgIpc) is 3.10. The minimum Gasteiger partial charge on any atom is -0.342 e. The van der Waals surface area contributed by atoms with E-state index in [4.69, 9.17) is 0 Å². The van der Waals surface area contributed by atoms with Gasteiger partial charge in [-0.15, -0.1) is 0 Å². The predicted molar refractivity (Wildman–Crippen MR) is 97.9 cm³/mol. The van der Waals surface area contributed by atoms with Gasteiger partial charge in [-0.1, -0.05) is 19.3 Å². The number of carbonyl (C=O) groups is 1. The van der Waals surface area contributed by atoms with Gasteiger partial charge in [-0.2, -0.15) is 18.3 Å². The molecule has 0 N–H and O–H groups in total. The van der Waals surface area contributed by atoms with E-state index in [9.17, 15) is 18.0 Å². The molecular weight excluding hydrogens is 369 g/mol. The highest BCUT2D eigenvalue weighted by molar-refractivity contribution is 5.79. The lowest BCUT2D eigenvalue weighted by Crippen LogP contribution is -2.42. The van der Waals surface area contributed by atoms with Gasteiger partial charge in [0, 0.05) is 36.7 Å². The first kappa shape index (κ1) is 19.2. The van der Waals surface area contributed by atoms with Crippen LogP contribution in [0.2, 0.25) is 0 Å². The van der Waals surface area contributed by atoms with E-state index in [1.807, 2.05) is 4.90 Å². The first-order valence-corrected chi connectivity index (χ1v) is 10.1. The van der Waals surface area contributed by atoms with Crippen LogP contribution in [0.25, 0.3) is 5.65 Å². The third kappa shape index (κ3) is 3.73. The monoisotopic (exact) mass is 394 g/mol. The van der Waals surface area contributed by atoms with Gasteiger partial charge < -0.3 is 4.90 Å². The zero-order chi connectivity index (χ0) is 19.9. The maximum absolute atomic E-state index is 13.4. The number of nitrogens with zero attached hydrogens (tertiary/aromatic N) is 4. The van der Waals surface area contributed by atoms with E-state index in [0.29, 0.717) is 17.9 Å². The van der Waals surface area contributed by atoms with Gasteiger partial charge in [0.05, 0.1) is 5.69 Å². The molecule has 1 saturated carbocycles. The summed E-state index contributed by atoms with van der Waals surface area (Å²) in [6.45, 7) is 2.80. The van der Waals surface area contributed by atoms with Crippen LogP contribution >= 0.6 is 0 Å². The number of piperidine rings is 1. The molecule has 2 aliphatic rings. The van der Waals surface area contributed by atoms with Crippen LogP contribution in [0.15, 0.2) is 12.1 Å².